The fourth-order valence-electron chi connectivity index (χ4n) is 1.40. The molecule has 0 radical (unpaired) electrons. The number of hydrogen-bond donors (Lipinski definition) is 0. The molecule has 0 aromatic carbocycles. The fourth-order valence-corrected chi connectivity index (χ4v) is 2.61. The van der Waals surface area contributed by atoms with Gasteiger partial charge in [-0.3, -0.25) is 4.79 Å². The molecule has 1 amide bonds. The van der Waals surface area contributed by atoms with Crippen molar-refractivity contribution in [1.82, 2.24) is 4.90 Å². The summed E-state index contributed by atoms with van der Waals surface area (Å²) in [7, 11) is 0. The van der Waals surface area contributed by atoms with E-state index in [2.05, 4.69) is 0 Å². The van der Waals surface area contributed by atoms with Gasteiger partial charge in [0, 0.05) is 18.5 Å². The lowest BCUT2D eigenvalue weighted by Crippen LogP contribution is -2.37. The minimum Gasteiger partial charge on any atom is -0.335 e. The molecule has 0 unspecified atom stereocenters. The van der Waals surface area contributed by atoms with Crippen LogP contribution < -0.4 is 0 Å². The van der Waals surface area contributed by atoms with Crippen molar-refractivity contribution in [2.24, 2.45) is 0 Å². The minimum atomic E-state index is 0.000108. The Morgan fingerprint density at radius 2 is 2.25 bits per heavy atom. The molecule has 0 saturated carbocycles. The Morgan fingerprint density at radius 1 is 1.56 bits per heavy atom. The third-order valence-corrected chi connectivity index (χ3v) is 3.82. The van der Waals surface area contributed by atoms with Crippen LogP contribution in [0.5, 0.6) is 0 Å². The molecule has 90 valence electrons. The molecule has 16 heavy (non-hydrogen) atoms. The molecule has 0 atom stereocenters. The van der Waals surface area contributed by atoms with Crippen LogP contribution in [0.3, 0.4) is 0 Å². The van der Waals surface area contributed by atoms with E-state index in [1.54, 1.807) is 11.0 Å². The standard InChI is InChI=1S/C11H15Cl2NOS/c1-8(2)14(6-3-5-12)11(15)10-9(13)4-7-16-10/h4,7-8H,3,5-6H2,1-2H3. The number of carbonyl (C=O) groups excluding carboxylic acids is 1. The number of hydrogen-bond acceptors (Lipinski definition) is 2. The van der Waals surface area contributed by atoms with Gasteiger partial charge in [0.05, 0.1) is 5.02 Å². The van der Waals surface area contributed by atoms with Crippen LogP contribution in [0, 0.1) is 0 Å². The molecule has 1 aromatic heterocycles. The molecule has 1 heterocycles. The van der Waals surface area contributed by atoms with Gasteiger partial charge in [-0.1, -0.05) is 11.6 Å². The van der Waals surface area contributed by atoms with Gasteiger partial charge in [0.25, 0.3) is 5.91 Å². The summed E-state index contributed by atoms with van der Waals surface area (Å²) < 4.78 is 0. The number of halogens is 2. The highest BCUT2D eigenvalue weighted by molar-refractivity contribution is 7.12. The molecule has 5 heteroatoms. The normalized spacial score (nSPS) is 10.8. The Morgan fingerprint density at radius 3 is 2.69 bits per heavy atom. The molecule has 0 aliphatic rings. The van der Waals surface area contributed by atoms with Gasteiger partial charge in [0.15, 0.2) is 0 Å². The van der Waals surface area contributed by atoms with E-state index in [1.165, 1.54) is 11.3 Å². The first-order valence-electron chi connectivity index (χ1n) is 5.17. The quantitative estimate of drug-likeness (QED) is 0.749. The number of thiophene rings is 1. The molecule has 0 bridgehead atoms. The second-order valence-electron chi connectivity index (χ2n) is 3.73. The summed E-state index contributed by atoms with van der Waals surface area (Å²) in [5.41, 5.74) is 0. The van der Waals surface area contributed by atoms with Gasteiger partial charge < -0.3 is 4.90 Å². The summed E-state index contributed by atoms with van der Waals surface area (Å²) in [5, 5.41) is 2.36. The van der Waals surface area contributed by atoms with Gasteiger partial charge in [-0.2, -0.15) is 0 Å². The predicted octanol–water partition coefficient (Wildman–Crippen LogP) is 3.88. The lowest BCUT2D eigenvalue weighted by molar-refractivity contribution is 0.0711. The third-order valence-electron chi connectivity index (χ3n) is 2.23. The highest BCUT2D eigenvalue weighted by Crippen LogP contribution is 2.24. The van der Waals surface area contributed by atoms with E-state index in [-0.39, 0.29) is 11.9 Å². The molecule has 1 aromatic rings. The van der Waals surface area contributed by atoms with E-state index in [9.17, 15) is 4.79 Å². The summed E-state index contributed by atoms with van der Waals surface area (Å²) >= 11 is 13.0. The zero-order chi connectivity index (χ0) is 12.1. The molecule has 0 aliphatic heterocycles. The van der Waals surface area contributed by atoms with E-state index in [1.807, 2.05) is 19.2 Å². The minimum absolute atomic E-state index is 0.000108. The van der Waals surface area contributed by atoms with Crippen LogP contribution in [0.4, 0.5) is 0 Å². The second-order valence-corrected chi connectivity index (χ2v) is 5.43. The van der Waals surface area contributed by atoms with E-state index in [4.69, 9.17) is 23.2 Å². The monoisotopic (exact) mass is 279 g/mol. The molecule has 0 N–H and O–H groups in total. The Bertz CT molecular complexity index is 352. The van der Waals surface area contributed by atoms with Gasteiger partial charge in [-0.25, -0.2) is 0 Å². The Balaban J connectivity index is 2.79. The molecule has 1 rings (SSSR count). The van der Waals surface area contributed by atoms with E-state index in [0.717, 1.165) is 6.42 Å². The predicted molar refractivity (Wildman–Crippen MR) is 70.8 cm³/mol. The van der Waals surface area contributed by atoms with E-state index in [0.29, 0.717) is 22.3 Å². The maximum Gasteiger partial charge on any atom is 0.265 e. The third kappa shape index (κ3) is 3.37. The number of carbonyl (C=O) groups is 1. The topological polar surface area (TPSA) is 20.3 Å². The number of rotatable bonds is 5. The molecular formula is C11H15Cl2NOS. The SMILES string of the molecule is CC(C)N(CCCCl)C(=O)c1sccc1Cl. The zero-order valence-corrected chi connectivity index (χ0v) is 11.7. The van der Waals surface area contributed by atoms with E-state index >= 15 is 0 Å². The number of alkyl halides is 1. The Kier molecular flexibility index (Phi) is 5.59. The van der Waals surface area contributed by atoms with Crippen LogP contribution in [0.1, 0.15) is 29.9 Å². The van der Waals surface area contributed by atoms with Gasteiger partial charge in [-0.05, 0) is 31.7 Å². The summed E-state index contributed by atoms with van der Waals surface area (Å²) in [6, 6.07) is 1.91. The Labute approximate surface area is 110 Å². The average molecular weight is 280 g/mol. The van der Waals surface area contributed by atoms with Crippen LogP contribution in [0.25, 0.3) is 0 Å². The van der Waals surface area contributed by atoms with Gasteiger partial charge >= 0.3 is 0 Å². The Hall–Kier alpha value is -0.250. The van der Waals surface area contributed by atoms with Crippen molar-refractivity contribution in [2.45, 2.75) is 26.3 Å². The number of nitrogens with zero attached hydrogens (tertiary/aromatic N) is 1. The molecule has 0 fully saturated rings. The van der Waals surface area contributed by atoms with Crippen molar-refractivity contribution in [3.63, 3.8) is 0 Å². The van der Waals surface area contributed by atoms with Gasteiger partial charge in [0.2, 0.25) is 0 Å². The molecule has 2 nitrogen and oxygen atoms in total. The molecular weight excluding hydrogens is 265 g/mol. The lowest BCUT2D eigenvalue weighted by Gasteiger charge is -2.26. The van der Waals surface area contributed by atoms with E-state index < -0.39 is 0 Å². The summed E-state index contributed by atoms with van der Waals surface area (Å²) in [5.74, 6) is 0.564. The van der Waals surface area contributed by atoms with Crippen molar-refractivity contribution in [2.75, 3.05) is 12.4 Å². The number of amides is 1. The van der Waals surface area contributed by atoms with Crippen molar-refractivity contribution in [3.05, 3.63) is 21.3 Å². The van der Waals surface area contributed by atoms with Crippen LogP contribution >= 0.6 is 34.5 Å². The lowest BCUT2D eigenvalue weighted by atomic mass is 10.2. The van der Waals surface area contributed by atoms with Crippen molar-refractivity contribution in [1.29, 1.82) is 0 Å². The average Bonchev–Trinajstić information content (AvgIpc) is 2.64. The smallest absolute Gasteiger partial charge is 0.265 e. The van der Waals surface area contributed by atoms with Crippen molar-refractivity contribution in [3.8, 4) is 0 Å². The van der Waals surface area contributed by atoms with Crippen LogP contribution in [-0.4, -0.2) is 29.3 Å². The van der Waals surface area contributed by atoms with Crippen molar-refractivity contribution < 1.29 is 4.79 Å². The maximum absolute atomic E-state index is 12.2. The first kappa shape index (κ1) is 13.8. The summed E-state index contributed by atoms with van der Waals surface area (Å²) in [6.45, 7) is 4.66. The second kappa shape index (κ2) is 6.48. The highest BCUT2D eigenvalue weighted by atomic mass is 35.5. The van der Waals surface area contributed by atoms with Crippen LogP contribution in [0.15, 0.2) is 11.4 Å². The first-order valence-corrected chi connectivity index (χ1v) is 6.97. The van der Waals surface area contributed by atoms with Crippen LogP contribution in [-0.2, 0) is 0 Å². The fraction of sp³-hybridized carbons (Fsp3) is 0.545. The summed E-state index contributed by atoms with van der Waals surface area (Å²) in [4.78, 5) is 14.6. The first-order chi connectivity index (χ1) is 7.57. The molecule has 0 spiro atoms. The van der Waals surface area contributed by atoms with Crippen LogP contribution in [0.2, 0.25) is 5.02 Å². The maximum atomic E-state index is 12.2. The summed E-state index contributed by atoms with van der Waals surface area (Å²) in [6.07, 6.45) is 0.800. The largest absolute Gasteiger partial charge is 0.335 e. The highest BCUT2D eigenvalue weighted by Gasteiger charge is 2.21. The zero-order valence-electron chi connectivity index (χ0n) is 9.37. The van der Waals surface area contributed by atoms with Gasteiger partial charge in [-0.15, -0.1) is 22.9 Å². The molecule has 0 saturated heterocycles. The van der Waals surface area contributed by atoms with Gasteiger partial charge in [0.1, 0.15) is 4.88 Å². The molecule has 0 aliphatic carbocycles. The van der Waals surface area contributed by atoms with Crippen molar-refractivity contribution >= 4 is 40.4 Å².